The molecule has 10 heteroatoms. The number of rotatable bonds is 11. The van der Waals surface area contributed by atoms with Gasteiger partial charge < -0.3 is 9.84 Å². The molecule has 0 spiro atoms. The van der Waals surface area contributed by atoms with Crippen molar-refractivity contribution in [1.82, 2.24) is 15.1 Å². The first-order chi connectivity index (χ1) is 18.8. The largest absolute Gasteiger partial charge is 0.492 e. The van der Waals surface area contributed by atoms with Gasteiger partial charge in [-0.15, -0.1) is 10.2 Å². The van der Waals surface area contributed by atoms with Crippen LogP contribution in [0.15, 0.2) is 36.4 Å². The van der Waals surface area contributed by atoms with E-state index in [1.165, 1.54) is 11.3 Å². The van der Waals surface area contributed by atoms with Crippen molar-refractivity contribution in [3.05, 3.63) is 58.1 Å². The predicted molar refractivity (Wildman–Crippen MR) is 155 cm³/mol. The lowest BCUT2D eigenvalue weighted by atomic mass is 10.0. The molecule has 1 fully saturated rings. The Bertz CT molecular complexity index is 1290. The van der Waals surface area contributed by atoms with Crippen LogP contribution in [0.4, 0.5) is 5.13 Å². The van der Waals surface area contributed by atoms with E-state index >= 15 is 0 Å². The third-order valence-electron chi connectivity index (χ3n) is 6.96. The number of aryl methyl sites for hydroxylation is 2. The summed E-state index contributed by atoms with van der Waals surface area (Å²) in [6.07, 6.45) is 4.42. The quantitative estimate of drug-likeness (QED) is 0.291. The first-order valence-electron chi connectivity index (χ1n) is 13.4. The van der Waals surface area contributed by atoms with Crippen molar-refractivity contribution in [3.63, 3.8) is 0 Å². The topological polar surface area (TPSA) is 95.9 Å². The van der Waals surface area contributed by atoms with Gasteiger partial charge in [-0.2, -0.15) is 0 Å². The molecule has 0 saturated carbocycles. The number of benzene rings is 2. The Labute approximate surface area is 238 Å². The number of halogens is 1. The molecule has 39 heavy (non-hydrogen) atoms. The first-order valence-corrected chi connectivity index (χ1v) is 14.6. The van der Waals surface area contributed by atoms with Crippen molar-refractivity contribution < 1.29 is 19.4 Å². The highest BCUT2D eigenvalue weighted by Crippen LogP contribution is 2.35. The van der Waals surface area contributed by atoms with Crippen LogP contribution >= 0.6 is 22.9 Å². The number of piperidine rings is 1. The van der Waals surface area contributed by atoms with Crippen molar-refractivity contribution >= 4 is 39.9 Å². The Kier molecular flexibility index (Phi) is 9.94. The second-order valence-electron chi connectivity index (χ2n) is 9.85. The minimum absolute atomic E-state index is 0.188. The molecular weight excluding hydrogens is 536 g/mol. The maximum Gasteiger partial charge on any atom is 0.320 e. The zero-order chi connectivity index (χ0) is 27.9. The van der Waals surface area contributed by atoms with E-state index in [1.807, 2.05) is 30.9 Å². The first kappa shape index (κ1) is 29.0. The number of carbonyl (C=O) groups excluding carboxylic acids is 1. The number of anilines is 1. The fraction of sp³-hybridized carbons (Fsp3) is 0.448. The number of carboxylic acid groups (broad SMARTS) is 1. The smallest absolute Gasteiger partial charge is 0.320 e. The molecular formula is C29H35ClN4O4S. The van der Waals surface area contributed by atoms with Gasteiger partial charge in [-0.3, -0.25) is 19.4 Å². The molecule has 2 aromatic carbocycles. The van der Waals surface area contributed by atoms with E-state index < -0.39 is 12.0 Å². The summed E-state index contributed by atoms with van der Waals surface area (Å²) in [7, 11) is 0. The molecule has 1 amide bonds. The van der Waals surface area contributed by atoms with E-state index in [0.717, 1.165) is 54.7 Å². The van der Waals surface area contributed by atoms with Gasteiger partial charge in [0, 0.05) is 18.7 Å². The van der Waals surface area contributed by atoms with Crippen LogP contribution in [0.1, 0.15) is 60.5 Å². The lowest BCUT2D eigenvalue weighted by Gasteiger charge is -2.32. The van der Waals surface area contributed by atoms with E-state index in [9.17, 15) is 14.7 Å². The predicted octanol–water partition coefficient (Wildman–Crippen LogP) is 6.24. The monoisotopic (exact) mass is 570 g/mol. The average Bonchev–Trinajstić information content (AvgIpc) is 3.40. The van der Waals surface area contributed by atoms with Crippen LogP contribution in [0.25, 0.3) is 10.6 Å². The van der Waals surface area contributed by atoms with Gasteiger partial charge in [0.2, 0.25) is 5.13 Å². The number of amides is 1. The molecule has 0 aliphatic carbocycles. The van der Waals surface area contributed by atoms with Crippen LogP contribution in [-0.2, 0) is 4.79 Å². The number of likely N-dealkylation sites (tertiary alicyclic amines) is 1. The molecule has 1 aliphatic rings. The number of aromatic nitrogens is 2. The lowest BCUT2D eigenvalue weighted by molar-refractivity contribution is -0.144. The van der Waals surface area contributed by atoms with E-state index in [2.05, 4.69) is 17.1 Å². The van der Waals surface area contributed by atoms with Crippen LogP contribution in [0, 0.1) is 13.8 Å². The zero-order valence-corrected chi connectivity index (χ0v) is 24.2. The fourth-order valence-electron chi connectivity index (χ4n) is 4.93. The van der Waals surface area contributed by atoms with Gasteiger partial charge in [-0.05, 0) is 75.0 Å². The summed E-state index contributed by atoms with van der Waals surface area (Å²) in [5.41, 5.74) is 3.28. The highest BCUT2D eigenvalue weighted by atomic mass is 35.5. The van der Waals surface area contributed by atoms with Gasteiger partial charge in [-0.25, -0.2) is 0 Å². The zero-order valence-electron chi connectivity index (χ0n) is 22.7. The molecule has 208 valence electrons. The maximum atomic E-state index is 13.4. The van der Waals surface area contributed by atoms with E-state index in [0.29, 0.717) is 46.8 Å². The number of carbonyl (C=O) groups is 2. The Morgan fingerprint density at radius 3 is 2.62 bits per heavy atom. The van der Waals surface area contributed by atoms with Crippen molar-refractivity contribution in [2.45, 2.75) is 58.9 Å². The summed E-state index contributed by atoms with van der Waals surface area (Å²) < 4.78 is 6.14. The normalized spacial score (nSPS) is 15.7. The molecule has 3 aromatic rings. The van der Waals surface area contributed by atoms with Crippen LogP contribution in [0.2, 0.25) is 5.02 Å². The van der Waals surface area contributed by atoms with Gasteiger partial charge >= 0.3 is 5.97 Å². The number of nitrogens with zero attached hydrogens (tertiary/aromatic N) is 4. The molecule has 1 aliphatic heterocycles. The van der Waals surface area contributed by atoms with Crippen LogP contribution in [0.5, 0.6) is 5.75 Å². The van der Waals surface area contributed by atoms with Gasteiger partial charge in [0.05, 0.1) is 10.6 Å². The van der Waals surface area contributed by atoms with Crippen LogP contribution in [0.3, 0.4) is 0 Å². The third-order valence-corrected chi connectivity index (χ3v) is 8.29. The Morgan fingerprint density at radius 2 is 1.92 bits per heavy atom. The van der Waals surface area contributed by atoms with E-state index in [1.54, 1.807) is 29.2 Å². The van der Waals surface area contributed by atoms with Gasteiger partial charge in [0.15, 0.2) is 0 Å². The summed E-state index contributed by atoms with van der Waals surface area (Å²) in [5.74, 6) is -0.151. The second-order valence-corrected chi connectivity index (χ2v) is 11.2. The standard InChI is InChI=1S/C29H35ClN4O4S/c1-4-5-14-34(27(35)22-10-6-7-11-23(22)30)29-32-31-26(39-29)21-17-19(2)25(20(3)18-21)38-16-15-33-13-9-8-12-24(33)28(36)37/h6-7,10-11,17-18,24H,4-5,8-9,12-16H2,1-3H3,(H,36,37). The van der Waals surface area contributed by atoms with Crippen molar-refractivity contribution in [2.75, 3.05) is 31.1 Å². The van der Waals surface area contributed by atoms with Gasteiger partial charge in [-0.1, -0.05) is 54.8 Å². The second kappa shape index (κ2) is 13.4. The Hall–Kier alpha value is -3.01. The summed E-state index contributed by atoms with van der Waals surface area (Å²) in [6.45, 7) is 8.36. The molecule has 1 atom stereocenters. The van der Waals surface area contributed by atoms with Crippen molar-refractivity contribution in [3.8, 4) is 16.3 Å². The molecule has 1 saturated heterocycles. The minimum Gasteiger partial charge on any atom is -0.492 e. The molecule has 2 heterocycles. The van der Waals surface area contributed by atoms with E-state index in [4.69, 9.17) is 16.3 Å². The maximum absolute atomic E-state index is 13.4. The van der Waals surface area contributed by atoms with Crippen LogP contribution < -0.4 is 9.64 Å². The molecule has 1 N–H and O–H groups in total. The van der Waals surface area contributed by atoms with Crippen molar-refractivity contribution in [2.24, 2.45) is 0 Å². The van der Waals surface area contributed by atoms with Crippen molar-refractivity contribution in [1.29, 1.82) is 0 Å². The number of aliphatic carboxylic acids is 1. The number of unbranched alkanes of at least 4 members (excludes halogenated alkanes) is 1. The van der Waals surface area contributed by atoms with Gasteiger partial charge in [0.25, 0.3) is 5.91 Å². The molecule has 1 aromatic heterocycles. The summed E-state index contributed by atoms with van der Waals surface area (Å²) in [6, 6.07) is 10.6. The summed E-state index contributed by atoms with van der Waals surface area (Å²) in [5, 5.41) is 20.0. The Balaban J connectivity index is 1.49. The number of hydrogen-bond donors (Lipinski definition) is 1. The van der Waals surface area contributed by atoms with E-state index in [-0.39, 0.29) is 5.91 Å². The summed E-state index contributed by atoms with van der Waals surface area (Å²) >= 11 is 7.69. The average molecular weight is 571 g/mol. The fourth-order valence-corrected chi connectivity index (χ4v) is 6.00. The molecule has 1 unspecified atom stereocenters. The lowest BCUT2D eigenvalue weighted by Crippen LogP contribution is -2.46. The summed E-state index contributed by atoms with van der Waals surface area (Å²) in [4.78, 5) is 28.6. The molecule has 8 nitrogen and oxygen atoms in total. The number of hydrogen-bond acceptors (Lipinski definition) is 7. The van der Waals surface area contributed by atoms with Crippen LogP contribution in [-0.4, -0.2) is 64.4 Å². The van der Waals surface area contributed by atoms with Gasteiger partial charge in [0.1, 0.15) is 23.4 Å². The minimum atomic E-state index is -0.760. The highest BCUT2D eigenvalue weighted by molar-refractivity contribution is 7.18. The highest BCUT2D eigenvalue weighted by Gasteiger charge is 2.28. The third kappa shape index (κ3) is 6.96. The number of ether oxygens (including phenoxy) is 1. The molecule has 4 rings (SSSR count). The SMILES string of the molecule is CCCCN(C(=O)c1ccccc1Cl)c1nnc(-c2cc(C)c(OCCN3CCCCC3C(=O)O)c(C)c2)s1. The molecule has 0 bridgehead atoms. The Morgan fingerprint density at radius 1 is 1.18 bits per heavy atom. The molecule has 0 radical (unpaired) electrons. The number of carboxylic acids is 1.